The van der Waals surface area contributed by atoms with Gasteiger partial charge in [-0.15, -0.1) is 0 Å². The summed E-state index contributed by atoms with van der Waals surface area (Å²) in [6.45, 7) is 2.37. The summed E-state index contributed by atoms with van der Waals surface area (Å²) in [4.78, 5) is 34.0. The van der Waals surface area contributed by atoms with Gasteiger partial charge in [0.15, 0.2) is 0 Å². The highest BCUT2D eigenvalue weighted by molar-refractivity contribution is 6.16. The van der Waals surface area contributed by atoms with Crippen molar-refractivity contribution in [1.82, 2.24) is 14.9 Å². The molecule has 0 radical (unpaired) electrons. The molecule has 1 fully saturated rings. The number of hydrogen-bond donors (Lipinski definition) is 2. The molecule has 1 aliphatic heterocycles. The van der Waals surface area contributed by atoms with E-state index in [0.29, 0.717) is 44.0 Å². The summed E-state index contributed by atoms with van der Waals surface area (Å²) >= 11 is 0. The first-order valence-electron chi connectivity index (χ1n) is 11.9. The molecule has 2 amide bonds. The lowest BCUT2D eigenvalue weighted by molar-refractivity contribution is -0.105. The summed E-state index contributed by atoms with van der Waals surface area (Å²) < 4.78 is 5.37. The Bertz CT molecular complexity index is 1570. The minimum atomic E-state index is 0.0218. The second kappa shape index (κ2) is 9.28. The van der Waals surface area contributed by atoms with E-state index >= 15 is 0 Å². The van der Waals surface area contributed by atoms with Crippen LogP contribution >= 0.6 is 0 Å². The van der Waals surface area contributed by atoms with Crippen molar-refractivity contribution < 1.29 is 14.3 Å². The average molecular weight is 477 g/mol. The van der Waals surface area contributed by atoms with Gasteiger partial charge in [0.05, 0.1) is 13.2 Å². The van der Waals surface area contributed by atoms with Crippen molar-refractivity contribution in [2.45, 2.75) is 0 Å². The molecule has 3 heterocycles. The van der Waals surface area contributed by atoms with Crippen LogP contribution in [0.4, 0.5) is 5.69 Å². The molecule has 6 rings (SSSR count). The maximum absolute atomic E-state index is 12.9. The zero-order valence-electron chi connectivity index (χ0n) is 19.5. The Morgan fingerprint density at radius 2 is 1.75 bits per heavy atom. The largest absolute Gasteiger partial charge is 0.378 e. The molecule has 1 saturated heterocycles. The molecule has 0 spiro atoms. The van der Waals surface area contributed by atoms with E-state index in [4.69, 9.17) is 9.72 Å². The topological polar surface area (TPSA) is 87.3 Å². The Balaban J connectivity index is 1.51. The molecule has 7 nitrogen and oxygen atoms in total. The van der Waals surface area contributed by atoms with Gasteiger partial charge in [-0.25, -0.2) is 4.98 Å². The van der Waals surface area contributed by atoms with Crippen LogP contribution in [0.25, 0.3) is 44.2 Å². The van der Waals surface area contributed by atoms with E-state index in [0.717, 1.165) is 44.2 Å². The van der Waals surface area contributed by atoms with Gasteiger partial charge < -0.3 is 19.9 Å². The molecule has 0 saturated carbocycles. The van der Waals surface area contributed by atoms with Crippen LogP contribution in [0.1, 0.15) is 10.4 Å². The Kier molecular flexibility index (Phi) is 5.67. The van der Waals surface area contributed by atoms with Gasteiger partial charge in [0.25, 0.3) is 5.91 Å². The molecule has 0 atom stereocenters. The fourth-order valence-electron chi connectivity index (χ4n) is 4.88. The van der Waals surface area contributed by atoms with Crippen LogP contribution in [-0.4, -0.2) is 53.5 Å². The molecule has 36 heavy (non-hydrogen) atoms. The number of pyridine rings is 1. The number of nitrogens with one attached hydrogen (secondary N) is 2. The first-order valence-corrected chi connectivity index (χ1v) is 11.9. The highest BCUT2D eigenvalue weighted by atomic mass is 16.5. The number of hydrogen-bond acceptors (Lipinski definition) is 4. The predicted molar refractivity (Wildman–Crippen MR) is 141 cm³/mol. The summed E-state index contributed by atoms with van der Waals surface area (Å²) in [6.07, 6.45) is 2.56. The van der Waals surface area contributed by atoms with Crippen LogP contribution in [0.5, 0.6) is 0 Å². The van der Waals surface area contributed by atoms with E-state index in [-0.39, 0.29) is 5.91 Å². The van der Waals surface area contributed by atoms with Crippen LogP contribution in [0.3, 0.4) is 0 Å². The SMILES string of the molecule is O=CNc1ccc2[nH]c3ncc(-c4ccc(C(=O)N5CCOCC5)cc4)c(-c4ccccc4)c3c2c1. The standard InChI is InChI=1S/C29H24N4O3/c34-18-31-22-10-11-25-23(16-22)27-26(20-4-2-1-3-5-20)24(17-30-28(27)32-25)19-6-8-21(9-7-19)29(35)33-12-14-36-15-13-33/h1-11,16-18H,12-15H2,(H,30,32)(H,31,34). The van der Waals surface area contributed by atoms with Crippen molar-refractivity contribution in [3.05, 3.63) is 84.6 Å². The van der Waals surface area contributed by atoms with Crippen molar-refractivity contribution in [2.24, 2.45) is 0 Å². The van der Waals surface area contributed by atoms with E-state index in [9.17, 15) is 9.59 Å². The smallest absolute Gasteiger partial charge is 0.254 e. The molecule has 178 valence electrons. The highest BCUT2D eigenvalue weighted by Crippen LogP contribution is 2.41. The number of morpholine rings is 1. The van der Waals surface area contributed by atoms with Crippen molar-refractivity contribution in [3.63, 3.8) is 0 Å². The number of carbonyl (C=O) groups excluding carboxylic acids is 2. The first-order chi connectivity index (χ1) is 17.7. The lowest BCUT2D eigenvalue weighted by Gasteiger charge is -2.26. The van der Waals surface area contributed by atoms with Gasteiger partial charge in [-0.05, 0) is 41.5 Å². The number of nitrogens with zero attached hydrogens (tertiary/aromatic N) is 2. The van der Waals surface area contributed by atoms with Gasteiger partial charge >= 0.3 is 0 Å². The zero-order valence-corrected chi connectivity index (χ0v) is 19.5. The fourth-order valence-corrected chi connectivity index (χ4v) is 4.88. The maximum atomic E-state index is 12.9. The summed E-state index contributed by atoms with van der Waals surface area (Å²) in [6, 6.07) is 23.7. The van der Waals surface area contributed by atoms with Crippen LogP contribution in [0.15, 0.2) is 79.0 Å². The quantitative estimate of drug-likeness (QED) is 0.346. The lowest BCUT2D eigenvalue weighted by Crippen LogP contribution is -2.40. The van der Waals surface area contributed by atoms with Crippen molar-refractivity contribution >= 4 is 39.9 Å². The minimum absolute atomic E-state index is 0.0218. The van der Waals surface area contributed by atoms with Gasteiger partial charge in [0.1, 0.15) is 5.65 Å². The average Bonchev–Trinajstić information content (AvgIpc) is 3.31. The molecule has 2 N–H and O–H groups in total. The maximum Gasteiger partial charge on any atom is 0.254 e. The number of fused-ring (bicyclic) bond motifs is 3. The molecule has 2 aromatic heterocycles. The molecule has 3 aromatic carbocycles. The summed E-state index contributed by atoms with van der Waals surface area (Å²) in [5.74, 6) is 0.0218. The Labute approximate surface area is 207 Å². The molecule has 0 unspecified atom stereocenters. The van der Waals surface area contributed by atoms with E-state index < -0.39 is 0 Å². The lowest BCUT2D eigenvalue weighted by atomic mass is 9.92. The summed E-state index contributed by atoms with van der Waals surface area (Å²) in [5.41, 5.74) is 7.13. The van der Waals surface area contributed by atoms with Crippen molar-refractivity contribution in [3.8, 4) is 22.3 Å². The van der Waals surface area contributed by atoms with Gasteiger partial charge in [0, 0.05) is 58.0 Å². The number of amides is 2. The number of H-pyrrole nitrogens is 1. The molecule has 0 bridgehead atoms. The van der Waals surface area contributed by atoms with E-state index in [1.807, 2.05) is 71.8 Å². The monoisotopic (exact) mass is 476 g/mol. The molecule has 7 heteroatoms. The second-order valence-electron chi connectivity index (χ2n) is 8.77. The minimum Gasteiger partial charge on any atom is -0.378 e. The number of aromatic amines is 1. The fraction of sp³-hybridized carbons (Fsp3) is 0.138. The summed E-state index contributed by atoms with van der Waals surface area (Å²) in [5, 5.41) is 4.70. The number of aromatic nitrogens is 2. The first kappa shape index (κ1) is 22.0. The van der Waals surface area contributed by atoms with E-state index in [2.05, 4.69) is 22.4 Å². The Morgan fingerprint density at radius 1 is 0.972 bits per heavy atom. The van der Waals surface area contributed by atoms with E-state index in [1.165, 1.54) is 0 Å². The molecular weight excluding hydrogens is 452 g/mol. The molecule has 0 aliphatic carbocycles. The van der Waals surface area contributed by atoms with Crippen LogP contribution < -0.4 is 5.32 Å². The van der Waals surface area contributed by atoms with Crippen LogP contribution in [0, 0.1) is 0 Å². The van der Waals surface area contributed by atoms with Crippen LogP contribution in [0.2, 0.25) is 0 Å². The predicted octanol–water partition coefficient (Wildman–Crippen LogP) is 5.09. The van der Waals surface area contributed by atoms with Crippen molar-refractivity contribution in [1.29, 1.82) is 0 Å². The van der Waals surface area contributed by atoms with Crippen molar-refractivity contribution in [2.75, 3.05) is 31.6 Å². The van der Waals surface area contributed by atoms with Gasteiger partial charge in [-0.2, -0.15) is 0 Å². The normalized spacial score (nSPS) is 13.7. The van der Waals surface area contributed by atoms with Gasteiger partial charge in [-0.1, -0.05) is 42.5 Å². The third kappa shape index (κ3) is 3.89. The van der Waals surface area contributed by atoms with Crippen LogP contribution in [-0.2, 0) is 9.53 Å². The highest BCUT2D eigenvalue weighted by Gasteiger charge is 2.20. The number of ether oxygens (including phenoxy) is 1. The second-order valence-corrected chi connectivity index (χ2v) is 8.77. The Hall–Kier alpha value is -4.49. The van der Waals surface area contributed by atoms with Gasteiger partial charge in [-0.3, -0.25) is 9.59 Å². The number of anilines is 1. The third-order valence-electron chi connectivity index (χ3n) is 6.65. The Morgan fingerprint density at radius 3 is 2.50 bits per heavy atom. The molecule has 5 aromatic rings. The summed E-state index contributed by atoms with van der Waals surface area (Å²) in [7, 11) is 0. The molecule has 1 aliphatic rings. The number of carbonyl (C=O) groups is 2. The van der Waals surface area contributed by atoms with Gasteiger partial charge in [0.2, 0.25) is 6.41 Å². The number of rotatable bonds is 5. The van der Waals surface area contributed by atoms with E-state index in [1.54, 1.807) is 0 Å². The third-order valence-corrected chi connectivity index (χ3v) is 6.65. The molecular formula is C29H24N4O3. The number of benzene rings is 3. The zero-order chi connectivity index (χ0) is 24.5.